The van der Waals surface area contributed by atoms with Crippen LogP contribution in [0.5, 0.6) is 0 Å². The smallest absolute Gasteiger partial charge is 0.263 e. The van der Waals surface area contributed by atoms with E-state index < -0.39 is 0 Å². The van der Waals surface area contributed by atoms with E-state index >= 15 is 0 Å². The molecule has 3 heterocycles. The summed E-state index contributed by atoms with van der Waals surface area (Å²) < 4.78 is 0. The average Bonchev–Trinajstić information content (AvgIpc) is 3.37. The lowest BCUT2D eigenvalue weighted by Crippen LogP contribution is -2.50. The van der Waals surface area contributed by atoms with Gasteiger partial charge in [0.25, 0.3) is 5.91 Å². The number of thiophene rings is 1. The van der Waals surface area contributed by atoms with Gasteiger partial charge in [-0.05, 0) is 56.7 Å². The van der Waals surface area contributed by atoms with Gasteiger partial charge in [0.05, 0.1) is 4.88 Å². The Morgan fingerprint density at radius 1 is 1.07 bits per heavy atom. The number of likely N-dealkylation sites (tertiary alicyclic amines) is 1. The Morgan fingerprint density at radius 3 is 2.52 bits per heavy atom. The Labute approximate surface area is 166 Å². The van der Waals surface area contributed by atoms with Crippen LogP contribution in [-0.2, 0) is 17.6 Å². The van der Waals surface area contributed by atoms with Crippen LogP contribution in [0.1, 0.15) is 52.7 Å². The highest BCUT2D eigenvalue weighted by Gasteiger charge is 2.32. The van der Waals surface area contributed by atoms with Crippen LogP contribution in [0.15, 0.2) is 6.07 Å². The Balaban J connectivity index is 1.37. The molecule has 0 spiro atoms. The second kappa shape index (κ2) is 8.31. The van der Waals surface area contributed by atoms with Crippen LogP contribution < -0.4 is 0 Å². The Bertz CT molecular complexity index is 688. The highest BCUT2D eigenvalue weighted by atomic mass is 32.1. The number of nitrogens with zero attached hydrogens (tertiary/aromatic N) is 3. The first-order valence-corrected chi connectivity index (χ1v) is 11.4. The van der Waals surface area contributed by atoms with Gasteiger partial charge in [-0.3, -0.25) is 14.5 Å². The minimum atomic E-state index is 0.0968. The predicted molar refractivity (Wildman–Crippen MR) is 108 cm³/mol. The number of aryl methyl sites for hydroxylation is 1. The summed E-state index contributed by atoms with van der Waals surface area (Å²) in [6.07, 6.45) is 6.11. The summed E-state index contributed by atoms with van der Waals surface area (Å²) in [4.78, 5) is 34.4. The Kier molecular flexibility index (Phi) is 5.83. The molecule has 0 radical (unpaired) electrons. The van der Waals surface area contributed by atoms with Crippen molar-refractivity contribution in [2.24, 2.45) is 5.92 Å². The molecule has 0 N–H and O–H groups in total. The number of hydrogen-bond donors (Lipinski definition) is 0. The first-order chi connectivity index (χ1) is 13.2. The lowest BCUT2D eigenvalue weighted by Gasteiger charge is -2.37. The fraction of sp³-hybridized carbons (Fsp3) is 0.714. The van der Waals surface area contributed by atoms with Gasteiger partial charge in [-0.25, -0.2) is 0 Å². The normalized spacial score (nSPS) is 23.5. The molecule has 2 fully saturated rings. The van der Waals surface area contributed by atoms with E-state index in [1.807, 2.05) is 4.90 Å². The number of hydrogen-bond acceptors (Lipinski definition) is 4. The maximum Gasteiger partial charge on any atom is 0.263 e. The molecular formula is C21H31N3O2S. The highest BCUT2D eigenvalue weighted by molar-refractivity contribution is 7.14. The number of amides is 2. The summed E-state index contributed by atoms with van der Waals surface area (Å²) in [6, 6.07) is 2.08. The molecule has 5 nitrogen and oxygen atoms in total. The molecule has 1 aromatic heterocycles. The van der Waals surface area contributed by atoms with E-state index in [4.69, 9.17) is 0 Å². The zero-order valence-electron chi connectivity index (χ0n) is 16.4. The van der Waals surface area contributed by atoms with Gasteiger partial charge in [0.1, 0.15) is 0 Å². The zero-order valence-corrected chi connectivity index (χ0v) is 17.2. The van der Waals surface area contributed by atoms with Crippen molar-refractivity contribution in [3.8, 4) is 0 Å². The molecule has 1 aromatic rings. The maximum atomic E-state index is 13.0. The van der Waals surface area contributed by atoms with Crippen LogP contribution in [0.3, 0.4) is 0 Å². The molecule has 6 heteroatoms. The van der Waals surface area contributed by atoms with E-state index in [0.29, 0.717) is 5.91 Å². The van der Waals surface area contributed by atoms with Crippen molar-refractivity contribution in [1.82, 2.24) is 14.7 Å². The molecule has 1 atom stereocenters. The molecule has 1 unspecified atom stereocenters. The average molecular weight is 390 g/mol. The van der Waals surface area contributed by atoms with Crippen molar-refractivity contribution < 1.29 is 9.59 Å². The molecule has 27 heavy (non-hydrogen) atoms. The largest absolute Gasteiger partial charge is 0.340 e. The number of carbonyl (C=O) groups excluding carboxylic acids is 2. The van der Waals surface area contributed by atoms with Gasteiger partial charge in [0, 0.05) is 50.1 Å². The minimum absolute atomic E-state index is 0.0968. The van der Waals surface area contributed by atoms with Gasteiger partial charge < -0.3 is 9.80 Å². The van der Waals surface area contributed by atoms with Crippen LogP contribution in [-0.4, -0.2) is 72.3 Å². The summed E-state index contributed by atoms with van der Waals surface area (Å²) in [6.45, 7) is 8.88. The minimum Gasteiger partial charge on any atom is -0.340 e. The lowest BCUT2D eigenvalue weighted by atomic mass is 9.87. The summed E-state index contributed by atoms with van der Waals surface area (Å²) in [5.74, 6) is 0.622. The third kappa shape index (κ3) is 4.06. The number of piperazine rings is 1. The molecule has 1 aliphatic carbocycles. The van der Waals surface area contributed by atoms with Crippen molar-refractivity contribution in [3.05, 3.63) is 21.4 Å². The van der Waals surface area contributed by atoms with Crippen molar-refractivity contribution in [2.45, 2.75) is 45.4 Å². The van der Waals surface area contributed by atoms with E-state index in [1.54, 1.807) is 11.3 Å². The molecule has 148 valence electrons. The first-order valence-electron chi connectivity index (χ1n) is 10.6. The standard InChI is InChI=1S/C21H31N3O2S/c1-2-7-22-10-12-24(13-11-22)20(25)16-5-6-18-17(14-16)15-19(27-18)21(26)23-8-3-4-9-23/h15-16H,2-14H2,1H3. The summed E-state index contributed by atoms with van der Waals surface area (Å²) in [5, 5.41) is 0. The summed E-state index contributed by atoms with van der Waals surface area (Å²) >= 11 is 1.66. The van der Waals surface area contributed by atoms with Gasteiger partial charge in [-0.1, -0.05) is 6.92 Å². The molecular weight excluding hydrogens is 358 g/mol. The maximum absolute atomic E-state index is 13.0. The Morgan fingerprint density at radius 2 is 1.81 bits per heavy atom. The van der Waals surface area contributed by atoms with Gasteiger partial charge in [-0.15, -0.1) is 11.3 Å². The highest BCUT2D eigenvalue weighted by Crippen LogP contribution is 2.34. The van der Waals surface area contributed by atoms with E-state index in [-0.39, 0.29) is 11.8 Å². The second-order valence-electron chi connectivity index (χ2n) is 8.17. The van der Waals surface area contributed by atoms with Crippen molar-refractivity contribution >= 4 is 23.2 Å². The number of fused-ring (bicyclic) bond motifs is 1. The monoisotopic (exact) mass is 389 g/mol. The van der Waals surface area contributed by atoms with E-state index in [1.165, 1.54) is 16.9 Å². The number of carbonyl (C=O) groups is 2. The number of rotatable bonds is 4. The van der Waals surface area contributed by atoms with Crippen LogP contribution in [0.4, 0.5) is 0 Å². The van der Waals surface area contributed by atoms with Crippen LogP contribution >= 0.6 is 11.3 Å². The van der Waals surface area contributed by atoms with Gasteiger partial charge >= 0.3 is 0 Å². The topological polar surface area (TPSA) is 43.9 Å². The molecule has 3 aliphatic rings. The van der Waals surface area contributed by atoms with Gasteiger partial charge in [0.15, 0.2) is 0 Å². The SMILES string of the molecule is CCCN1CCN(C(=O)C2CCc3sc(C(=O)N4CCCC4)cc3C2)CC1. The predicted octanol–water partition coefficient (Wildman–Crippen LogP) is 2.64. The van der Waals surface area contributed by atoms with Crippen LogP contribution in [0.2, 0.25) is 0 Å². The molecule has 2 aliphatic heterocycles. The summed E-state index contributed by atoms with van der Waals surface area (Å²) in [5.41, 5.74) is 1.25. The third-order valence-corrected chi connectivity index (χ3v) is 7.49. The fourth-order valence-corrected chi connectivity index (χ4v) is 5.86. The first kappa shape index (κ1) is 18.9. The molecule has 2 saturated heterocycles. The molecule has 4 rings (SSSR count). The third-order valence-electron chi connectivity index (χ3n) is 6.26. The van der Waals surface area contributed by atoms with E-state index in [2.05, 4.69) is 22.8 Å². The molecule has 0 saturated carbocycles. The van der Waals surface area contributed by atoms with Crippen LogP contribution in [0, 0.1) is 5.92 Å². The Hall–Kier alpha value is -1.40. The molecule has 2 amide bonds. The second-order valence-corrected chi connectivity index (χ2v) is 9.30. The van der Waals surface area contributed by atoms with Gasteiger partial charge in [0.2, 0.25) is 5.91 Å². The van der Waals surface area contributed by atoms with Gasteiger partial charge in [-0.2, -0.15) is 0 Å². The molecule has 0 bridgehead atoms. The lowest BCUT2D eigenvalue weighted by molar-refractivity contribution is -0.137. The van der Waals surface area contributed by atoms with Crippen LogP contribution in [0.25, 0.3) is 0 Å². The summed E-state index contributed by atoms with van der Waals surface area (Å²) in [7, 11) is 0. The van der Waals surface area contributed by atoms with E-state index in [9.17, 15) is 9.59 Å². The zero-order chi connectivity index (χ0) is 18.8. The molecule has 0 aromatic carbocycles. The van der Waals surface area contributed by atoms with Crippen molar-refractivity contribution in [3.63, 3.8) is 0 Å². The quantitative estimate of drug-likeness (QED) is 0.795. The van der Waals surface area contributed by atoms with Crippen molar-refractivity contribution in [2.75, 3.05) is 45.8 Å². The van der Waals surface area contributed by atoms with Crippen molar-refractivity contribution in [1.29, 1.82) is 0 Å². The fourth-order valence-electron chi connectivity index (χ4n) is 4.68. The van der Waals surface area contributed by atoms with E-state index in [0.717, 1.165) is 82.8 Å².